The molecule has 3 N–H and O–H groups in total. The molecule has 130 valence electrons. The van der Waals surface area contributed by atoms with Gasteiger partial charge in [0, 0.05) is 12.7 Å². The van der Waals surface area contributed by atoms with Crippen LogP contribution >= 0.6 is 0 Å². The van der Waals surface area contributed by atoms with E-state index in [0.29, 0.717) is 22.5 Å². The summed E-state index contributed by atoms with van der Waals surface area (Å²) in [5, 5.41) is 0. The van der Waals surface area contributed by atoms with E-state index in [-0.39, 0.29) is 12.1 Å². The monoisotopic (exact) mass is 334 g/mol. The van der Waals surface area contributed by atoms with E-state index in [1.807, 2.05) is 0 Å². The first-order valence-electron chi connectivity index (χ1n) is 7.41. The third kappa shape index (κ3) is 3.95. The minimum Gasteiger partial charge on any atom is -0.465 e. The molecule has 8 nitrogen and oxygen atoms in total. The van der Waals surface area contributed by atoms with E-state index in [0.717, 1.165) is 0 Å². The highest BCUT2D eigenvalue weighted by molar-refractivity contribution is 6.03. The second-order valence-corrected chi connectivity index (χ2v) is 6.48. The Hall–Kier alpha value is -2.77. The minimum absolute atomic E-state index is 0.199. The average molecular weight is 334 g/mol. The topological polar surface area (TPSA) is 111 Å². The summed E-state index contributed by atoms with van der Waals surface area (Å²) in [6.07, 6.45) is -0.462. The first-order valence-corrected chi connectivity index (χ1v) is 7.41. The van der Waals surface area contributed by atoms with Gasteiger partial charge in [0.05, 0.1) is 24.7 Å². The summed E-state index contributed by atoms with van der Waals surface area (Å²) in [5.41, 5.74) is 6.96. The van der Waals surface area contributed by atoms with Crippen molar-refractivity contribution in [3.8, 4) is 0 Å². The predicted octanol–water partition coefficient (Wildman–Crippen LogP) is 2.30. The molecule has 0 aliphatic carbocycles. The summed E-state index contributed by atoms with van der Waals surface area (Å²) in [6, 6.07) is 3.18. The van der Waals surface area contributed by atoms with E-state index < -0.39 is 17.7 Å². The Kier molecular flexibility index (Phi) is 4.68. The van der Waals surface area contributed by atoms with Gasteiger partial charge in [0.25, 0.3) is 0 Å². The van der Waals surface area contributed by atoms with Crippen molar-refractivity contribution in [2.45, 2.75) is 32.9 Å². The fourth-order valence-electron chi connectivity index (χ4n) is 2.16. The molecule has 24 heavy (non-hydrogen) atoms. The van der Waals surface area contributed by atoms with Crippen molar-refractivity contribution in [1.82, 2.24) is 14.9 Å². The highest BCUT2D eigenvalue weighted by atomic mass is 16.6. The maximum Gasteiger partial charge on any atom is 0.410 e. The van der Waals surface area contributed by atoms with Crippen molar-refractivity contribution in [2.75, 3.05) is 19.9 Å². The third-order valence-corrected chi connectivity index (χ3v) is 3.16. The molecule has 1 amide bonds. The number of aromatic nitrogens is 2. The number of nitrogens with one attached hydrogen (secondary N) is 1. The number of H-pyrrole nitrogens is 1. The summed E-state index contributed by atoms with van der Waals surface area (Å²) < 4.78 is 10.0. The molecule has 2 aromatic rings. The fourth-order valence-corrected chi connectivity index (χ4v) is 2.16. The van der Waals surface area contributed by atoms with Crippen LogP contribution in [0.1, 0.15) is 37.0 Å². The number of carbonyl (C=O) groups is 2. The van der Waals surface area contributed by atoms with Crippen molar-refractivity contribution in [1.29, 1.82) is 0 Å². The normalized spacial score (nSPS) is 11.4. The summed E-state index contributed by atoms with van der Waals surface area (Å²) in [4.78, 5) is 32.7. The zero-order valence-electron chi connectivity index (χ0n) is 14.5. The Balaban J connectivity index is 2.28. The van der Waals surface area contributed by atoms with Gasteiger partial charge in [0.1, 0.15) is 16.9 Å². The number of aromatic amines is 1. The lowest BCUT2D eigenvalue weighted by Crippen LogP contribution is -2.34. The van der Waals surface area contributed by atoms with Crippen LogP contribution in [0, 0.1) is 0 Å². The number of amides is 1. The standard InChI is InChI=1S/C16H22N4O4/c1-16(2,3)24-15(22)20(4)8-12-18-11-7-9(17)6-10(13(11)19-12)14(21)23-5/h6-7H,8,17H2,1-5H3,(H,18,19). The van der Waals surface area contributed by atoms with Crippen LogP contribution in [0.3, 0.4) is 0 Å². The molecule has 0 bridgehead atoms. The lowest BCUT2D eigenvalue weighted by atomic mass is 10.1. The molecule has 0 atom stereocenters. The Morgan fingerprint density at radius 1 is 1.33 bits per heavy atom. The SMILES string of the molecule is COC(=O)c1cc(N)cc2[nH]c(CN(C)C(=O)OC(C)(C)C)nc12. The van der Waals surface area contributed by atoms with Gasteiger partial charge in [-0.25, -0.2) is 14.6 Å². The number of carbonyl (C=O) groups excluding carboxylic acids is 2. The predicted molar refractivity (Wildman–Crippen MR) is 89.5 cm³/mol. The largest absolute Gasteiger partial charge is 0.465 e. The van der Waals surface area contributed by atoms with Gasteiger partial charge in [-0.3, -0.25) is 0 Å². The van der Waals surface area contributed by atoms with Crippen LogP contribution in [0.25, 0.3) is 11.0 Å². The fraction of sp³-hybridized carbons (Fsp3) is 0.438. The number of benzene rings is 1. The van der Waals surface area contributed by atoms with Gasteiger partial charge in [-0.1, -0.05) is 0 Å². The lowest BCUT2D eigenvalue weighted by molar-refractivity contribution is 0.0281. The maximum atomic E-state index is 12.0. The van der Waals surface area contributed by atoms with E-state index in [1.54, 1.807) is 33.9 Å². The average Bonchev–Trinajstić information content (AvgIpc) is 2.85. The van der Waals surface area contributed by atoms with Gasteiger partial charge in [-0.15, -0.1) is 0 Å². The molecule has 1 heterocycles. The molecule has 2 rings (SSSR count). The highest BCUT2D eigenvalue weighted by Gasteiger charge is 2.21. The first kappa shape index (κ1) is 17.6. The van der Waals surface area contributed by atoms with Crippen LogP contribution in [-0.4, -0.2) is 46.7 Å². The van der Waals surface area contributed by atoms with Gasteiger partial charge >= 0.3 is 12.1 Å². The molecule has 0 unspecified atom stereocenters. The number of hydrogen-bond donors (Lipinski definition) is 2. The number of nitrogen functional groups attached to an aromatic ring is 1. The van der Waals surface area contributed by atoms with Crippen LogP contribution in [0.15, 0.2) is 12.1 Å². The Labute approximate surface area is 139 Å². The number of ether oxygens (including phenoxy) is 2. The van der Waals surface area contributed by atoms with Crippen LogP contribution < -0.4 is 5.73 Å². The Bertz CT molecular complexity index is 776. The van der Waals surface area contributed by atoms with Gasteiger partial charge in [0.15, 0.2) is 0 Å². The molecule has 0 spiro atoms. The van der Waals surface area contributed by atoms with Crippen molar-refractivity contribution in [3.05, 3.63) is 23.5 Å². The molecule has 0 aliphatic heterocycles. The number of imidazole rings is 1. The summed E-state index contributed by atoms with van der Waals surface area (Å²) in [6.45, 7) is 5.59. The molecule has 1 aromatic carbocycles. The van der Waals surface area contributed by atoms with Crippen molar-refractivity contribution >= 4 is 28.8 Å². The van der Waals surface area contributed by atoms with Crippen molar-refractivity contribution in [2.24, 2.45) is 0 Å². The van der Waals surface area contributed by atoms with Crippen molar-refractivity contribution in [3.63, 3.8) is 0 Å². The zero-order valence-corrected chi connectivity index (χ0v) is 14.5. The second kappa shape index (κ2) is 6.38. The highest BCUT2D eigenvalue weighted by Crippen LogP contribution is 2.22. The number of esters is 1. The first-order chi connectivity index (χ1) is 11.1. The lowest BCUT2D eigenvalue weighted by Gasteiger charge is -2.24. The van der Waals surface area contributed by atoms with E-state index in [2.05, 4.69) is 9.97 Å². The Morgan fingerprint density at radius 2 is 2.00 bits per heavy atom. The van der Waals surface area contributed by atoms with Crippen LogP contribution in [0.2, 0.25) is 0 Å². The van der Waals surface area contributed by atoms with E-state index in [1.165, 1.54) is 18.1 Å². The molecule has 0 aliphatic rings. The number of fused-ring (bicyclic) bond motifs is 1. The van der Waals surface area contributed by atoms with Gasteiger partial charge in [-0.2, -0.15) is 0 Å². The van der Waals surface area contributed by atoms with Crippen LogP contribution in [-0.2, 0) is 16.0 Å². The van der Waals surface area contributed by atoms with Gasteiger partial charge in [-0.05, 0) is 32.9 Å². The molecule has 8 heteroatoms. The molecular weight excluding hydrogens is 312 g/mol. The van der Waals surface area contributed by atoms with Gasteiger partial charge < -0.3 is 25.1 Å². The number of nitrogens with zero attached hydrogens (tertiary/aromatic N) is 2. The Morgan fingerprint density at radius 3 is 2.58 bits per heavy atom. The van der Waals surface area contributed by atoms with E-state index in [4.69, 9.17) is 15.2 Å². The van der Waals surface area contributed by atoms with Gasteiger partial charge in [0.2, 0.25) is 0 Å². The maximum absolute atomic E-state index is 12.0. The minimum atomic E-state index is -0.578. The second-order valence-electron chi connectivity index (χ2n) is 6.48. The summed E-state index contributed by atoms with van der Waals surface area (Å²) in [7, 11) is 2.90. The number of nitrogens with two attached hydrogens (primary N) is 1. The molecular formula is C16H22N4O4. The van der Waals surface area contributed by atoms with Crippen molar-refractivity contribution < 1.29 is 19.1 Å². The molecule has 1 aromatic heterocycles. The molecule has 0 fully saturated rings. The molecule has 0 saturated heterocycles. The van der Waals surface area contributed by atoms with Crippen LogP contribution in [0.5, 0.6) is 0 Å². The number of rotatable bonds is 3. The summed E-state index contributed by atoms with van der Waals surface area (Å²) >= 11 is 0. The van der Waals surface area contributed by atoms with E-state index >= 15 is 0 Å². The zero-order chi connectivity index (χ0) is 18.1. The van der Waals surface area contributed by atoms with E-state index in [9.17, 15) is 9.59 Å². The smallest absolute Gasteiger partial charge is 0.410 e. The van der Waals surface area contributed by atoms with Crippen LogP contribution in [0.4, 0.5) is 10.5 Å². The number of anilines is 1. The quantitative estimate of drug-likeness (QED) is 0.658. The third-order valence-electron chi connectivity index (χ3n) is 3.16. The molecule has 0 saturated carbocycles. The summed E-state index contributed by atoms with van der Waals surface area (Å²) in [5.74, 6) is -0.0139. The number of methoxy groups -OCH3 is 1. The molecule has 0 radical (unpaired) electrons. The number of hydrogen-bond acceptors (Lipinski definition) is 6.